The Kier molecular flexibility index (Phi) is 6.32. The van der Waals surface area contributed by atoms with Crippen LogP contribution < -0.4 is 11.1 Å². The van der Waals surface area contributed by atoms with Crippen molar-refractivity contribution in [1.29, 1.82) is 0 Å². The van der Waals surface area contributed by atoms with Gasteiger partial charge in [0.15, 0.2) is 0 Å². The van der Waals surface area contributed by atoms with E-state index in [1.165, 1.54) is 11.3 Å². The van der Waals surface area contributed by atoms with Crippen molar-refractivity contribution in [2.24, 2.45) is 12.8 Å². The van der Waals surface area contributed by atoms with Crippen LogP contribution in [-0.4, -0.2) is 27.2 Å². The van der Waals surface area contributed by atoms with Crippen LogP contribution in [0.2, 0.25) is 0 Å². The Morgan fingerprint density at radius 2 is 2.29 bits per heavy atom. The van der Waals surface area contributed by atoms with Gasteiger partial charge in [-0.25, -0.2) is 4.98 Å². The number of amides is 1. The van der Waals surface area contributed by atoms with Gasteiger partial charge in [-0.15, -0.1) is 23.7 Å². The Bertz CT molecular complexity index is 609. The summed E-state index contributed by atoms with van der Waals surface area (Å²) in [7, 11) is 1.87. The topological polar surface area (TPSA) is 85.8 Å². The van der Waals surface area contributed by atoms with Gasteiger partial charge in [0.25, 0.3) is 5.91 Å². The molecule has 0 saturated heterocycles. The van der Waals surface area contributed by atoms with Gasteiger partial charge in [0.2, 0.25) is 0 Å². The van der Waals surface area contributed by atoms with Gasteiger partial charge >= 0.3 is 0 Å². The highest BCUT2D eigenvalue weighted by Gasteiger charge is 2.17. The molecule has 0 fully saturated rings. The first-order valence-electron chi connectivity index (χ1n) is 6.46. The molecule has 2 heterocycles. The molecule has 0 saturated carbocycles. The second-order valence-electron chi connectivity index (χ2n) is 4.70. The number of nitrogens with two attached hydrogens (primary N) is 1. The number of rotatable bonds is 5. The molecule has 0 aliphatic rings. The Morgan fingerprint density at radius 3 is 2.86 bits per heavy atom. The predicted octanol–water partition coefficient (Wildman–Crippen LogP) is 1.60. The minimum atomic E-state index is -0.166. The van der Waals surface area contributed by atoms with E-state index in [0.29, 0.717) is 18.7 Å². The summed E-state index contributed by atoms with van der Waals surface area (Å²) in [6, 6.07) is -0.101. The van der Waals surface area contributed by atoms with Crippen LogP contribution >= 0.6 is 23.7 Å². The Labute approximate surface area is 134 Å². The van der Waals surface area contributed by atoms with Crippen molar-refractivity contribution in [3.05, 3.63) is 33.5 Å². The fourth-order valence-corrected chi connectivity index (χ4v) is 2.84. The largest absolute Gasteiger partial charge is 0.344 e. The van der Waals surface area contributed by atoms with E-state index < -0.39 is 0 Å². The summed E-state index contributed by atoms with van der Waals surface area (Å²) in [5, 5.41) is 9.88. The molecular weight excluding hydrogens is 310 g/mol. The summed E-state index contributed by atoms with van der Waals surface area (Å²) in [5.74, 6) is -0.166. The first-order valence-corrected chi connectivity index (χ1v) is 7.34. The second-order valence-corrected chi connectivity index (χ2v) is 5.65. The molecule has 1 unspecified atom stereocenters. The standard InChI is InChI=1S/C13H19N5OS.ClH/c1-8(10-6-18(3)17-9(10)2)15-13(19)11-7-20-12(16-11)4-5-14;/h6-8H,4-5,14H2,1-3H3,(H,15,19);1H. The van der Waals surface area contributed by atoms with Crippen molar-refractivity contribution in [2.45, 2.75) is 26.3 Å². The molecule has 1 atom stereocenters. The maximum Gasteiger partial charge on any atom is 0.271 e. The molecule has 0 radical (unpaired) electrons. The molecule has 2 aromatic heterocycles. The number of aromatic nitrogens is 3. The molecular formula is C13H20ClN5OS. The van der Waals surface area contributed by atoms with Crippen molar-refractivity contribution < 1.29 is 4.79 Å². The number of aryl methyl sites for hydroxylation is 2. The van der Waals surface area contributed by atoms with Crippen molar-refractivity contribution in [3.63, 3.8) is 0 Å². The van der Waals surface area contributed by atoms with Crippen LogP contribution in [0.3, 0.4) is 0 Å². The van der Waals surface area contributed by atoms with E-state index in [4.69, 9.17) is 5.73 Å². The summed E-state index contributed by atoms with van der Waals surface area (Å²) >= 11 is 1.46. The SMILES string of the molecule is Cc1nn(C)cc1C(C)NC(=O)c1csc(CCN)n1.Cl. The fraction of sp³-hybridized carbons (Fsp3) is 0.462. The van der Waals surface area contributed by atoms with Crippen LogP contribution in [-0.2, 0) is 13.5 Å². The lowest BCUT2D eigenvalue weighted by Gasteiger charge is -2.11. The highest BCUT2D eigenvalue weighted by Crippen LogP contribution is 2.17. The molecule has 116 valence electrons. The highest BCUT2D eigenvalue weighted by molar-refractivity contribution is 7.09. The molecule has 8 heteroatoms. The second kappa shape index (κ2) is 7.53. The number of hydrogen-bond donors (Lipinski definition) is 2. The Balaban J connectivity index is 0.00000220. The summed E-state index contributed by atoms with van der Waals surface area (Å²) in [6.45, 7) is 4.41. The van der Waals surface area contributed by atoms with E-state index in [0.717, 1.165) is 16.3 Å². The average molecular weight is 330 g/mol. The number of nitrogens with one attached hydrogen (secondary N) is 1. The third kappa shape index (κ3) is 4.26. The number of carbonyl (C=O) groups is 1. The molecule has 21 heavy (non-hydrogen) atoms. The van der Waals surface area contributed by atoms with E-state index in [1.807, 2.05) is 27.1 Å². The fourth-order valence-electron chi connectivity index (χ4n) is 2.04. The lowest BCUT2D eigenvalue weighted by molar-refractivity contribution is 0.0935. The maximum atomic E-state index is 12.1. The Morgan fingerprint density at radius 1 is 1.57 bits per heavy atom. The Hall–Kier alpha value is -1.44. The number of halogens is 1. The zero-order valence-corrected chi connectivity index (χ0v) is 13.9. The van der Waals surface area contributed by atoms with Gasteiger partial charge in [-0.2, -0.15) is 5.10 Å². The molecule has 0 bridgehead atoms. The number of carbonyl (C=O) groups excluding carboxylic acids is 1. The van der Waals surface area contributed by atoms with Crippen LogP contribution in [0.15, 0.2) is 11.6 Å². The third-order valence-corrected chi connectivity index (χ3v) is 3.92. The monoisotopic (exact) mass is 329 g/mol. The number of thiazole rings is 1. The molecule has 0 aliphatic heterocycles. The van der Waals surface area contributed by atoms with Crippen LogP contribution in [0.1, 0.15) is 39.7 Å². The quantitative estimate of drug-likeness (QED) is 0.872. The summed E-state index contributed by atoms with van der Waals surface area (Å²) in [4.78, 5) is 16.4. The van der Waals surface area contributed by atoms with E-state index >= 15 is 0 Å². The number of hydrogen-bond acceptors (Lipinski definition) is 5. The molecule has 2 rings (SSSR count). The van der Waals surface area contributed by atoms with Gasteiger partial charge in [0.05, 0.1) is 16.7 Å². The zero-order valence-electron chi connectivity index (χ0n) is 12.3. The number of nitrogens with zero attached hydrogens (tertiary/aromatic N) is 3. The van der Waals surface area contributed by atoms with Crippen molar-refractivity contribution in [3.8, 4) is 0 Å². The van der Waals surface area contributed by atoms with Crippen LogP contribution in [0, 0.1) is 6.92 Å². The minimum Gasteiger partial charge on any atom is -0.344 e. The van der Waals surface area contributed by atoms with Gasteiger partial charge < -0.3 is 11.1 Å². The van der Waals surface area contributed by atoms with E-state index in [-0.39, 0.29) is 24.4 Å². The van der Waals surface area contributed by atoms with E-state index in [2.05, 4.69) is 15.4 Å². The lowest BCUT2D eigenvalue weighted by Crippen LogP contribution is -2.27. The van der Waals surface area contributed by atoms with Gasteiger partial charge in [0.1, 0.15) is 5.69 Å². The molecule has 0 spiro atoms. The molecule has 2 aromatic rings. The molecule has 3 N–H and O–H groups in total. The highest BCUT2D eigenvalue weighted by atomic mass is 35.5. The van der Waals surface area contributed by atoms with Crippen molar-refractivity contribution in [2.75, 3.05) is 6.54 Å². The van der Waals surface area contributed by atoms with Crippen LogP contribution in [0.5, 0.6) is 0 Å². The van der Waals surface area contributed by atoms with Crippen molar-refractivity contribution in [1.82, 2.24) is 20.1 Å². The first kappa shape index (κ1) is 17.6. The molecule has 6 nitrogen and oxygen atoms in total. The maximum absolute atomic E-state index is 12.1. The van der Waals surface area contributed by atoms with Crippen LogP contribution in [0.25, 0.3) is 0 Å². The lowest BCUT2D eigenvalue weighted by atomic mass is 10.1. The van der Waals surface area contributed by atoms with Crippen molar-refractivity contribution >= 4 is 29.7 Å². The van der Waals surface area contributed by atoms with Gasteiger partial charge in [-0.3, -0.25) is 9.48 Å². The average Bonchev–Trinajstić information content (AvgIpc) is 2.96. The predicted molar refractivity (Wildman–Crippen MR) is 85.9 cm³/mol. The van der Waals surface area contributed by atoms with Gasteiger partial charge in [-0.1, -0.05) is 0 Å². The van der Waals surface area contributed by atoms with E-state index in [9.17, 15) is 4.79 Å². The zero-order chi connectivity index (χ0) is 14.7. The minimum absolute atomic E-state index is 0. The van der Waals surface area contributed by atoms with Crippen LogP contribution in [0.4, 0.5) is 0 Å². The molecule has 0 aliphatic carbocycles. The smallest absolute Gasteiger partial charge is 0.271 e. The molecule has 0 aromatic carbocycles. The summed E-state index contributed by atoms with van der Waals surface area (Å²) < 4.78 is 1.75. The first-order chi connectivity index (χ1) is 9.51. The summed E-state index contributed by atoms with van der Waals surface area (Å²) in [6.07, 6.45) is 2.62. The van der Waals surface area contributed by atoms with Gasteiger partial charge in [0, 0.05) is 30.6 Å². The van der Waals surface area contributed by atoms with Gasteiger partial charge in [-0.05, 0) is 20.4 Å². The third-order valence-electron chi connectivity index (χ3n) is 3.01. The van der Waals surface area contributed by atoms with E-state index in [1.54, 1.807) is 10.1 Å². The molecule has 1 amide bonds. The summed E-state index contributed by atoms with van der Waals surface area (Å²) in [5.41, 5.74) is 7.86. The normalized spacial score (nSPS) is 11.8.